The van der Waals surface area contributed by atoms with Crippen LogP contribution in [0.25, 0.3) is 0 Å². The summed E-state index contributed by atoms with van der Waals surface area (Å²) in [7, 11) is 1.50. The SMILES string of the molecule is COc1cc(C(=O)N2CCC[C@@H](C(=O)O)C2)cc2c1OCCO2. The molecule has 2 aliphatic heterocycles. The summed E-state index contributed by atoms with van der Waals surface area (Å²) in [5.74, 6) is -0.166. The maximum Gasteiger partial charge on any atom is 0.308 e. The van der Waals surface area contributed by atoms with Crippen LogP contribution in [0.15, 0.2) is 12.1 Å². The predicted molar refractivity (Wildman–Crippen MR) is 80.2 cm³/mol. The zero-order chi connectivity index (χ0) is 16.4. The van der Waals surface area contributed by atoms with Crippen LogP contribution in [0.3, 0.4) is 0 Å². The summed E-state index contributed by atoms with van der Waals surface area (Å²) in [5.41, 5.74) is 0.414. The summed E-state index contributed by atoms with van der Waals surface area (Å²) in [6.07, 6.45) is 1.29. The lowest BCUT2D eigenvalue weighted by molar-refractivity contribution is -0.143. The van der Waals surface area contributed by atoms with Crippen LogP contribution in [0.4, 0.5) is 0 Å². The molecule has 1 atom stereocenters. The van der Waals surface area contributed by atoms with E-state index in [1.165, 1.54) is 7.11 Å². The Morgan fingerprint density at radius 2 is 2.09 bits per heavy atom. The Morgan fingerprint density at radius 3 is 2.83 bits per heavy atom. The van der Waals surface area contributed by atoms with Crippen molar-refractivity contribution in [3.8, 4) is 17.2 Å². The number of carbonyl (C=O) groups excluding carboxylic acids is 1. The van der Waals surface area contributed by atoms with Crippen molar-refractivity contribution in [1.29, 1.82) is 0 Å². The summed E-state index contributed by atoms with van der Waals surface area (Å²) >= 11 is 0. The van der Waals surface area contributed by atoms with Crippen LogP contribution in [0.2, 0.25) is 0 Å². The molecule has 124 valence electrons. The Hall–Kier alpha value is -2.44. The summed E-state index contributed by atoms with van der Waals surface area (Å²) < 4.78 is 16.3. The Morgan fingerprint density at radius 1 is 1.30 bits per heavy atom. The number of rotatable bonds is 3. The average molecular weight is 321 g/mol. The van der Waals surface area contributed by atoms with Gasteiger partial charge in [0.1, 0.15) is 13.2 Å². The number of carboxylic acids is 1. The van der Waals surface area contributed by atoms with E-state index in [4.69, 9.17) is 19.3 Å². The van der Waals surface area contributed by atoms with E-state index in [1.54, 1.807) is 17.0 Å². The first-order chi connectivity index (χ1) is 11.1. The van der Waals surface area contributed by atoms with Gasteiger partial charge in [-0.1, -0.05) is 0 Å². The van der Waals surface area contributed by atoms with Gasteiger partial charge < -0.3 is 24.2 Å². The topological polar surface area (TPSA) is 85.3 Å². The lowest BCUT2D eigenvalue weighted by Gasteiger charge is -2.31. The zero-order valence-electron chi connectivity index (χ0n) is 12.9. The number of aliphatic carboxylic acids is 1. The van der Waals surface area contributed by atoms with Crippen LogP contribution in [-0.4, -0.2) is 55.3 Å². The molecular formula is C16H19NO6. The van der Waals surface area contributed by atoms with E-state index in [2.05, 4.69) is 0 Å². The van der Waals surface area contributed by atoms with Gasteiger partial charge in [-0.2, -0.15) is 0 Å². The molecule has 2 aliphatic rings. The number of ether oxygens (including phenoxy) is 3. The number of benzene rings is 1. The van der Waals surface area contributed by atoms with E-state index in [0.29, 0.717) is 55.4 Å². The number of methoxy groups -OCH3 is 1. The summed E-state index contributed by atoms with van der Waals surface area (Å²) in [6, 6.07) is 3.24. The number of amides is 1. The molecule has 1 N–H and O–H groups in total. The highest BCUT2D eigenvalue weighted by molar-refractivity contribution is 5.96. The standard InChI is InChI=1S/C16H19NO6/c1-21-12-7-11(8-13-14(12)23-6-5-22-13)15(18)17-4-2-3-10(9-17)16(19)20/h7-8,10H,2-6,9H2,1H3,(H,19,20)/t10-/m1/s1. The Labute approximate surface area is 133 Å². The minimum absolute atomic E-state index is 0.216. The molecule has 0 aromatic heterocycles. The van der Waals surface area contributed by atoms with Gasteiger partial charge >= 0.3 is 5.97 Å². The van der Waals surface area contributed by atoms with Gasteiger partial charge in [-0.15, -0.1) is 0 Å². The number of carbonyl (C=O) groups is 2. The number of carboxylic acid groups (broad SMARTS) is 1. The molecule has 0 saturated carbocycles. The molecule has 23 heavy (non-hydrogen) atoms. The van der Waals surface area contributed by atoms with Crippen LogP contribution in [0.5, 0.6) is 17.2 Å². The summed E-state index contributed by atoms with van der Waals surface area (Å²) in [6.45, 7) is 1.63. The number of piperidine rings is 1. The molecule has 0 spiro atoms. The highest BCUT2D eigenvalue weighted by Crippen LogP contribution is 2.40. The van der Waals surface area contributed by atoms with Crippen molar-refractivity contribution < 1.29 is 28.9 Å². The third-order valence-corrected chi connectivity index (χ3v) is 4.13. The molecule has 1 saturated heterocycles. The molecule has 2 heterocycles. The van der Waals surface area contributed by atoms with Crippen molar-refractivity contribution in [3.05, 3.63) is 17.7 Å². The van der Waals surface area contributed by atoms with Crippen LogP contribution in [0, 0.1) is 5.92 Å². The molecule has 1 fully saturated rings. The smallest absolute Gasteiger partial charge is 0.308 e. The van der Waals surface area contributed by atoms with Crippen LogP contribution >= 0.6 is 0 Å². The van der Waals surface area contributed by atoms with Gasteiger partial charge in [0.2, 0.25) is 5.75 Å². The van der Waals surface area contributed by atoms with Crippen molar-refractivity contribution in [1.82, 2.24) is 4.90 Å². The quantitative estimate of drug-likeness (QED) is 0.906. The molecule has 7 heteroatoms. The molecule has 0 radical (unpaired) electrons. The Balaban J connectivity index is 1.86. The van der Waals surface area contributed by atoms with E-state index in [-0.39, 0.29) is 12.5 Å². The second-order valence-electron chi connectivity index (χ2n) is 5.63. The van der Waals surface area contributed by atoms with Gasteiger partial charge in [0.15, 0.2) is 11.5 Å². The van der Waals surface area contributed by atoms with Gasteiger partial charge in [-0.05, 0) is 25.0 Å². The highest BCUT2D eigenvalue weighted by atomic mass is 16.6. The van der Waals surface area contributed by atoms with Gasteiger partial charge in [0.05, 0.1) is 13.0 Å². The molecule has 0 bridgehead atoms. The number of nitrogens with zero attached hydrogens (tertiary/aromatic N) is 1. The molecule has 3 rings (SSSR count). The fraction of sp³-hybridized carbons (Fsp3) is 0.500. The largest absolute Gasteiger partial charge is 0.493 e. The van der Waals surface area contributed by atoms with Crippen molar-refractivity contribution >= 4 is 11.9 Å². The van der Waals surface area contributed by atoms with Crippen LogP contribution < -0.4 is 14.2 Å². The van der Waals surface area contributed by atoms with Gasteiger partial charge in [-0.25, -0.2) is 0 Å². The van der Waals surface area contributed by atoms with E-state index in [9.17, 15) is 9.59 Å². The van der Waals surface area contributed by atoms with Crippen molar-refractivity contribution in [2.75, 3.05) is 33.4 Å². The molecule has 1 aromatic carbocycles. The fourth-order valence-electron chi connectivity index (χ4n) is 2.94. The molecule has 1 aromatic rings. The lowest BCUT2D eigenvalue weighted by Crippen LogP contribution is -2.42. The highest BCUT2D eigenvalue weighted by Gasteiger charge is 2.30. The van der Waals surface area contributed by atoms with Gasteiger partial charge in [0.25, 0.3) is 5.91 Å². The van der Waals surface area contributed by atoms with Crippen molar-refractivity contribution in [2.24, 2.45) is 5.92 Å². The first-order valence-electron chi connectivity index (χ1n) is 7.60. The average Bonchev–Trinajstić information content (AvgIpc) is 2.60. The lowest BCUT2D eigenvalue weighted by atomic mass is 9.97. The molecule has 7 nitrogen and oxygen atoms in total. The Kier molecular flexibility index (Phi) is 4.27. The first kappa shape index (κ1) is 15.5. The summed E-state index contributed by atoms with van der Waals surface area (Å²) in [4.78, 5) is 25.4. The Bertz CT molecular complexity index is 612. The summed E-state index contributed by atoms with van der Waals surface area (Å²) in [5, 5.41) is 9.15. The number of fused-ring (bicyclic) bond motifs is 1. The second-order valence-corrected chi connectivity index (χ2v) is 5.63. The third-order valence-electron chi connectivity index (χ3n) is 4.13. The first-order valence-corrected chi connectivity index (χ1v) is 7.60. The number of hydrogen-bond donors (Lipinski definition) is 1. The maximum atomic E-state index is 12.7. The monoisotopic (exact) mass is 321 g/mol. The van der Waals surface area contributed by atoms with Crippen molar-refractivity contribution in [3.63, 3.8) is 0 Å². The number of hydrogen-bond acceptors (Lipinski definition) is 5. The molecule has 1 amide bonds. The normalized spacial score (nSPS) is 20.0. The molecule has 0 unspecified atom stereocenters. The molecule has 0 aliphatic carbocycles. The second kappa shape index (κ2) is 6.36. The van der Waals surface area contributed by atoms with Crippen LogP contribution in [-0.2, 0) is 4.79 Å². The zero-order valence-corrected chi connectivity index (χ0v) is 12.9. The predicted octanol–water partition coefficient (Wildman–Crippen LogP) is 1.40. The van der Waals surface area contributed by atoms with E-state index >= 15 is 0 Å². The van der Waals surface area contributed by atoms with E-state index in [0.717, 1.165) is 0 Å². The van der Waals surface area contributed by atoms with Crippen LogP contribution in [0.1, 0.15) is 23.2 Å². The van der Waals surface area contributed by atoms with E-state index in [1.807, 2.05) is 0 Å². The minimum Gasteiger partial charge on any atom is -0.493 e. The van der Waals surface area contributed by atoms with E-state index < -0.39 is 11.9 Å². The van der Waals surface area contributed by atoms with Crippen molar-refractivity contribution in [2.45, 2.75) is 12.8 Å². The maximum absolute atomic E-state index is 12.7. The van der Waals surface area contributed by atoms with Gasteiger partial charge in [0, 0.05) is 18.7 Å². The third kappa shape index (κ3) is 3.04. The van der Waals surface area contributed by atoms with Gasteiger partial charge in [-0.3, -0.25) is 9.59 Å². The number of likely N-dealkylation sites (tertiary alicyclic amines) is 1. The fourth-order valence-corrected chi connectivity index (χ4v) is 2.94. The minimum atomic E-state index is -0.859. The molecular weight excluding hydrogens is 302 g/mol.